The Balaban J connectivity index is 1.75. The Morgan fingerprint density at radius 1 is 1.32 bits per heavy atom. The maximum atomic E-state index is 13.6. The standard InChI is InChI=1S/C16H21FO2/c1-15(2)13-8-9-16(3,19-13)14(15)18-10-11-6-4-5-7-12(11)17/h4-7,13-14H,8-10H2,1-3H3/t13-,14-,16+/m0/s1. The Morgan fingerprint density at radius 2 is 2.05 bits per heavy atom. The van der Waals surface area contributed by atoms with E-state index in [2.05, 4.69) is 20.8 Å². The Labute approximate surface area is 113 Å². The molecule has 3 heteroatoms. The lowest BCUT2D eigenvalue weighted by molar-refractivity contribution is -0.0893. The van der Waals surface area contributed by atoms with Crippen molar-refractivity contribution in [2.45, 2.75) is 58.0 Å². The van der Waals surface area contributed by atoms with Gasteiger partial charge in [0.15, 0.2) is 0 Å². The molecule has 0 amide bonds. The molecule has 0 N–H and O–H groups in total. The second-order valence-electron chi connectivity index (χ2n) is 6.56. The van der Waals surface area contributed by atoms with Crippen molar-refractivity contribution in [2.24, 2.45) is 5.41 Å². The molecule has 104 valence electrons. The van der Waals surface area contributed by atoms with Crippen LogP contribution in [-0.4, -0.2) is 17.8 Å². The SMILES string of the molecule is CC1(C)[C@@H]2CC[C@@](C)(O2)[C@H]1OCc1ccccc1F. The molecule has 1 aromatic rings. The molecule has 2 aliphatic heterocycles. The lowest BCUT2D eigenvalue weighted by atomic mass is 9.70. The van der Waals surface area contributed by atoms with E-state index in [0.29, 0.717) is 12.2 Å². The molecular formula is C16H21FO2. The third-order valence-corrected chi connectivity index (χ3v) is 4.74. The lowest BCUT2D eigenvalue weighted by Gasteiger charge is -2.38. The molecular weight excluding hydrogens is 243 g/mol. The summed E-state index contributed by atoms with van der Waals surface area (Å²) in [6.07, 6.45) is 2.42. The van der Waals surface area contributed by atoms with Crippen molar-refractivity contribution < 1.29 is 13.9 Å². The third kappa shape index (κ3) is 2.00. The minimum atomic E-state index is -0.209. The molecule has 0 saturated carbocycles. The van der Waals surface area contributed by atoms with Gasteiger partial charge < -0.3 is 9.47 Å². The molecule has 0 aromatic heterocycles. The molecule has 3 atom stereocenters. The zero-order chi connectivity index (χ0) is 13.7. The van der Waals surface area contributed by atoms with Gasteiger partial charge in [-0.1, -0.05) is 32.0 Å². The number of fused-ring (bicyclic) bond motifs is 2. The topological polar surface area (TPSA) is 18.5 Å². The fourth-order valence-electron chi connectivity index (χ4n) is 3.71. The molecule has 2 nitrogen and oxygen atoms in total. The highest BCUT2D eigenvalue weighted by Gasteiger charge is 2.61. The summed E-state index contributed by atoms with van der Waals surface area (Å²) in [6, 6.07) is 6.79. The van der Waals surface area contributed by atoms with E-state index in [1.165, 1.54) is 6.07 Å². The summed E-state index contributed by atoms with van der Waals surface area (Å²) >= 11 is 0. The van der Waals surface area contributed by atoms with Crippen molar-refractivity contribution in [3.8, 4) is 0 Å². The summed E-state index contributed by atoms with van der Waals surface area (Å²) in [6.45, 7) is 6.81. The summed E-state index contributed by atoms with van der Waals surface area (Å²) in [5, 5.41) is 0. The molecule has 0 aliphatic carbocycles. The van der Waals surface area contributed by atoms with Crippen molar-refractivity contribution in [3.63, 3.8) is 0 Å². The van der Waals surface area contributed by atoms with Gasteiger partial charge in [-0.2, -0.15) is 0 Å². The number of hydrogen-bond acceptors (Lipinski definition) is 2. The van der Waals surface area contributed by atoms with Gasteiger partial charge in [0.1, 0.15) is 5.82 Å². The Kier molecular flexibility index (Phi) is 2.95. The van der Waals surface area contributed by atoms with Gasteiger partial charge in [0, 0.05) is 11.0 Å². The molecule has 0 radical (unpaired) electrons. The molecule has 2 heterocycles. The second kappa shape index (κ2) is 4.29. The molecule has 2 aliphatic rings. The summed E-state index contributed by atoms with van der Waals surface area (Å²) < 4.78 is 25.8. The molecule has 2 bridgehead atoms. The average Bonchev–Trinajstić information content (AvgIpc) is 2.82. The quantitative estimate of drug-likeness (QED) is 0.829. The highest BCUT2D eigenvalue weighted by atomic mass is 19.1. The van der Waals surface area contributed by atoms with Crippen LogP contribution in [-0.2, 0) is 16.1 Å². The molecule has 2 saturated heterocycles. The largest absolute Gasteiger partial charge is 0.370 e. The monoisotopic (exact) mass is 264 g/mol. The van der Waals surface area contributed by atoms with Crippen LogP contribution in [0, 0.1) is 11.2 Å². The van der Waals surface area contributed by atoms with Gasteiger partial charge in [-0.25, -0.2) is 4.39 Å². The van der Waals surface area contributed by atoms with E-state index >= 15 is 0 Å². The molecule has 1 aromatic carbocycles. The first-order valence-electron chi connectivity index (χ1n) is 6.96. The van der Waals surface area contributed by atoms with Crippen LogP contribution in [0.4, 0.5) is 4.39 Å². The van der Waals surface area contributed by atoms with E-state index in [1.807, 2.05) is 6.07 Å². The predicted molar refractivity (Wildman–Crippen MR) is 71.3 cm³/mol. The lowest BCUT2D eigenvalue weighted by Crippen LogP contribution is -2.47. The van der Waals surface area contributed by atoms with Crippen molar-refractivity contribution >= 4 is 0 Å². The second-order valence-corrected chi connectivity index (χ2v) is 6.56. The minimum absolute atomic E-state index is 0.00173. The van der Waals surface area contributed by atoms with Gasteiger partial charge in [0.05, 0.1) is 24.4 Å². The van der Waals surface area contributed by atoms with Gasteiger partial charge >= 0.3 is 0 Å². The maximum Gasteiger partial charge on any atom is 0.128 e. The van der Waals surface area contributed by atoms with Crippen LogP contribution in [0.5, 0.6) is 0 Å². The molecule has 0 unspecified atom stereocenters. The summed E-state index contributed by atoms with van der Waals surface area (Å²) in [5.41, 5.74) is 0.405. The third-order valence-electron chi connectivity index (χ3n) is 4.74. The smallest absolute Gasteiger partial charge is 0.128 e. The van der Waals surface area contributed by atoms with Crippen molar-refractivity contribution in [1.29, 1.82) is 0 Å². The van der Waals surface area contributed by atoms with Crippen LogP contribution < -0.4 is 0 Å². The van der Waals surface area contributed by atoms with E-state index < -0.39 is 0 Å². The van der Waals surface area contributed by atoms with E-state index in [4.69, 9.17) is 9.47 Å². The molecule has 0 spiro atoms. The molecule has 19 heavy (non-hydrogen) atoms. The van der Waals surface area contributed by atoms with Crippen LogP contribution in [0.1, 0.15) is 39.2 Å². The Morgan fingerprint density at radius 3 is 2.68 bits per heavy atom. The van der Waals surface area contributed by atoms with Crippen molar-refractivity contribution in [2.75, 3.05) is 0 Å². The normalized spacial score (nSPS) is 35.8. The van der Waals surface area contributed by atoms with Gasteiger partial charge in [-0.05, 0) is 25.8 Å². The van der Waals surface area contributed by atoms with E-state index in [1.54, 1.807) is 12.1 Å². The Bertz CT molecular complexity index is 481. The van der Waals surface area contributed by atoms with Crippen LogP contribution in [0.15, 0.2) is 24.3 Å². The van der Waals surface area contributed by atoms with E-state index in [-0.39, 0.29) is 29.0 Å². The summed E-state index contributed by atoms with van der Waals surface area (Å²) in [5.74, 6) is -0.200. The van der Waals surface area contributed by atoms with Gasteiger partial charge in [-0.15, -0.1) is 0 Å². The highest BCUT2D eigenvalue weighted by molar-refractivity contribution is 5.17. The van der Waals surface area contributed by atoms with E-state index in [0.717, 1.165) is 12.8 Å². The zero-order valence-electron chi connectivity index (χ0n) is 11.8. The first-order chi connectivity index (χ1) is 8.93. The number of ether oxygens (including phenoxy) is 2. The van der Waals surface area contributed by atoms with Gasteiger partial charge in [-0.3, -0.25) is 0 Å². The fourth-order valence-corrected chi connectivity index (χ4v) is 3.71. The van der Waals surface area contributed by atoms with Gasteiger partial charge in [0.2, 0.25) is 0 Å². The number of benzene rings is 1. The van der Waals surface area contributed by atoms with Crippen LogP contribution in [0.3, 0.4) is 0 Å². The first kappa shape index (κ1) is 13.1. The number of rotatable bonds is 3. The van der Waals surface area contributed by atoms with Crippen molar-refractivity contribution in [3.05, 3.63) is 35.6 Å². The Hall–Kier alpha value is -0.930. The fraction of sp³-hybridized carbons (Fsp3) is 0.625. The van der Waals surface area contributed by atoms with Crippen molar-refractivity contribution in [1.82, 2.24) is 0 Å². The average molecular weight is 264 g/mol. The molecule has 3 rings (SSSR count). The maximum absolute atomic E-state index is 13.6. The van der Waals surface area contributed by atoms with Crippen LogP contribution in [0.25, 0.3) is 0 Å². The van der Waals surface area contributed by atoms with Crippen LogP contribution >= 0.6 is 0 Å². The van der Waals surface area contributed by atoms with Gasteiger partial charge in [0.25, 0.3) is 0 Å². The minimum Gasteiger partial charge on any atom is -0.370 e. The zero-order valence-corrected chi connectivity index (χ0v) is 11.8. The van der Waals surface area contributed by atoms with E-state index in [9.17, 15) is 4.39 Å². The molecule has 2 fully saturated rings. The summed E-state index contributed by atoms with van der Waals surface area (Å²) in [4.78, 5) is 0. The first-order valence-corrected chi connectivity index (χ1v) is 6.96. The number of halogens is 1. The summed E-state index contributed by atoms with van der Waals surface area (Å²) in [7, 11) is 0. The highest BCUT2D eigenvalue weighted by Crippen LogP contribution is 2.55. The van der Waals surface area contributed by atoms with Crippen LogP contribution in [0.2, 0.25) is 0 Å². The number of hydrogen-bond donors (Lipinski definition) is 0. The predicted octanol–water partition coefficient (Wildman–Crippen LogP) is 3.69.